The second kappa shape index (κ2) is 7.98. The fourth-order valence-corrected chi connectivity index (χ4v) is 1.76. The van der Waals surface area contributed by atoms with Gasteiger partial charge >= 0.3 is 0 Å². The smallest absolute Gasteiger partial charge is 0.0964 e. The zero-order valence-corrected chi connectivity index (χ0v) is 11.8. The van der Waals surface area contributed by atoms with E-state index in [9.17, 15) is 0 Å². The average Bonchev–Trinajstić information content (AvgIpc) is 2.48. The van der Waals surface area contributed by atoms with Gasteiger partial charge < -0.3 is 0 Å². The second-order valence-corrected chi connectivity index (χ2v) is 3.58. The third-order valence-electron chi connectivity index (χ3n) is 2.47. The molecule has 0 radical (unpaired) electrons. The van der Waals surface area contributed by atoms with Gasteiger partial charge in [-0.05, 0) is 24.5 Å². The van der Waals surface area contributed by atoms with Crippen LogP contribution in [0.15, 0.2) is 66.5 Å². The lowest BCUT2D eigenvalue weighted by Gasteiger charge is -2.04. The molecule has 0 unspecified atom stereocenters. The van der Waals surface area contributed by atoms with Crippen molar-refractivity contribution in [1.29, 1.82) is 0 Å². The van der Waals surface area contributed by atoms with Gasteiger partial charge in [0.1, 0.15) is 0 Å². The highest BCUT2D eigenvalue weighted by atomic mass is 14.8. The van der Waals surface area contributed by atoms with Crippen molar-refractivity contribution in [2.75, 3.05) is 0 Å². The minimum atomic E-state index is 0.833. The van der Waals surface area contributed by atoms with Crippen LogP contribution in [0.2, 0.25) is 0 Å². The molecule has 19 heavy (non-hydrogen) atoms. The summed E-state index contributed by atoms with van der Waals surface area (Å²) in [6.07, 6.45) is 7.24. The van der Waals surface area contributed by atoms with Gasteiger partial charge in [-0.15, -0.1) is 0 Å². The van der Waals surface area contributed by atoms with Crippen molar-refractivity contribution in [2.45, 2.75) is 20.8 Å². The maximum atomic E-state index is 4.41. The van der Waals surface area contributed by atoms with E-state index in [1.54, 1.807) is 12.4 Å². The molecular formula is C17H20N2. The number of nitrogens with zero attached hydrogens (tertiary/aromatic N) is 2. The lowest BCUT2D eigenvalue weighted by Crippen LogP contribution is -2.00. The molecule has 0 spiro atoms. The molecule has 2 rings (SSSR count). The normalized spacial score (nSPS) is 11.2. The fraction of sp³-hybridized carbons (Fsp3) is 0.176. The first kappa shape index (κ1) is 14.8. The molecule has 0 N–H and O–H groups in total. The lowest BCUT2D eigenvalue weighted by atomic mass is 10.1. The molecule has 0 aliphatic carbocycles. The molecule has 0 fully saturated rings. The van der Waals surface area contributed by atoms with Crippen molar-refractivity contribution >= 4 is 16.5 Å². The lowest BCUT2D eigenvalue weighted by molar-refractivity contribution is 1.32. The Balaban J connectivity index is 0.000000861. The van der Waals surface area contributed by atoms with E-state index < -0.39 is 0 Å². The summed E-state index contributed by atoms with van der Waals surface area (Å²) >= 11 is 0. The first-order chi connectivity index (χ1) is 9.36. The molecule has 2 nitrogen and oxygen atoms in total. The van der Waals surface area contributed by atoms with Gasteiger partial charge in [0, 0.05) is 17.8 Å². The highest BCUT2D eigenvalue weighted by Crippen LogP contribution is 2.17. The average molecular weight is 252 g/mol. The number of pyridine rings is 1. The molecule has 0 bridgehead atoms. The van der Waals surface area contributed by atoms with E-state index in [2.05, 4.69) is 28.7 Å². The Labute approximate surface area is 115 Å². The molecule has 0 saturated heterocycles. The summed E-state index contributed by atoms with van der Waals surface area (Å²) in [5.41, 5.74) is 1.72. The molecule has 0 amide bonds. The summed E-state index contributed by atoms with van der Waals surface area (Å²) in [4.78, 5) is 8.68. The van der Waals surface area contributed by atoms with E-state index >= 15 is 0 Å². The summed E-state index contributed by atoms with van der Waals surface area (Å²) in [6.45, 7) is 9.60. The van der Waals surface area contributed by atoms with Crippen molar-refractivity contribution in [3.05, 3.63) is 67.2 Å². The minimum Gasteiger partial charge on any atom is -0.255 e. The van der Waals surface area contributed by atoms with Crippen molar-refractivity contribution in [3.63, 3.8) is 0 Å². The molecule has 0 atom stereocenters. The molecular weight excluding hydrogens is 232 g/mol. The van der Waals surface area contributed by atoms with E-state index in [4.69, 9.17) is 0 Å². The van der Waals surface area contributed by atoms with Crippen LogP contribution in [0.25, 0.3) is 10.8 Å². The van der Waals surface area contributed by atoms with E-state index in [1.165, 1.54) is 5.39 Å². The number of aliphatic imine (C=N–C) groups is 1. The van der Waals surface area contributed by atoms with Gasteiger partial charge in [-0.2, -0.15) is 0 Å². The Morgan fingerprint density at radius 1 is 1.21 bits per heavy atom. The summed E-state index contributed by atoms with van der Waals surface area (Å²) in [5.74, 6) is 0. The van der Waals surface area contributed by atoms with Gasteiger partial charge in [-0.3, -0.25) is 9.98 Å². The second-order valence-electron chi connectivity index (χ2n) is 3.58. The third-order valence-corrected chi connectivity index (χ3v) is 2.47. The standard InChI is InChI=1S/C15H14N2.C2H6/c1-3-7-14(16-4-2)15-13-9-6-5-8-12(13)10-11-17-15;1-2/h3-11H,2H2,1H3;1-2H3/b7-3-,16-14?;. The Bertz CT molecular complexity index is 590. The maximum Gasteiger partial charge on any atom is 0.0964 e. The van der Waals surface area contributed by atoms with Crippen molar-refractivity contribution < 1.29 is 0 Å². The zero-order valence-electron chi connectivity index (χ0n) is 11.8. The third kappa shape index (κ3) is 3.62. The largest absolute Gasteiger partial charge is 0.255 e. The van der Waals surface area contributed by atoms with E-state index in [1.807, 2.05) is 51.1 Å². The van der Waals surface area contributed by atoms with Crippen LogP contribution >= 0.6 is 0 Å². The van der Waals surface area contributed by atoms with E-state index in [-0.39, 0.29) is 0 Å². The predicted molar refractivity (Wildman–Crippen MR) is 84.6 cm³/mol. The fourth-order valence-electron chi connectivity index (χ4n) is 1.76. The first-order valence-electron chi connectivity index (χ1n) is 6.52. The first-order valence-corrected chi connectivity index (χ1v) is 6.52. The topological polar surface area (TPSA) is 25.2 Å². The Hall–Kier alpha value is -2.22. The van der Waals surface area contributed by atoms with Gasteiger partial charge in [-0.1, -0.05) is 50.8 Å². The van der Waals surface area contributed by atoms with Gasteiger partial charge in [0.15, 0.2) is 0 Å². The Morgan fingerprint density at radius 3 is 2.63 bits per heavy atom. The van der Waals surface area contributed by atoms with Crippen LogP contribution in [0.4, 0.5) is 0 Å². The van der Waals surface area contributed by atoms with Crippen LogP contribution in [0.5, 0.6) is 0 Å². The maximum absolute atomic E-state index is 4.41. The molecule has 0 aliphatic rings. The van der Waals surface area contributed by atoms with Crippen molar-refractivity contribution in [2.24, 2.45) is 4.99 Å². The minimum absolute atomic E-state index is 0.833. The monoisotopic (exact) mass is 252 g/mol. The van der Waals surface area contributed by atoms with E-state index in [0.717, 1.165) is 16.8 Å². The van der Waals surface area contributed by atoms with Crippen LogP contribution in [-0.4, -0.2) is 10.7 Å². The Morgan fingerprint density at radius 2 is 1.95 bits per heavy atom. The predicted octanol–water partition coefficient (Wildman–Crippen LogP) is 4.77. The van der Waals surface area contributed by atoms with Crippen molar-refractivity contribution in [3.8, 4) is 0 Å². The summed E-state index contributed by atoms with van der Waals surface area (Å²) in [6, 6.07) is 10.2. The summed E-state index contributed by atoms with van der Waals surface area (Å²) in [5, 5.41) is 2.27. The molecule has 1 aromatic heterocycles. The number of hydrogen-bond acceptors (Lipinski definition) is 2. The van der Waals surface area contributed by atoms with Crippen LogP contribution in [-0.2, 0) is 0 Å². The van der Waals surface area contributed by atoms with Gasteiger partial charge in [0.2, 0.25) is 0 Å². The highest BCUT2D eigenvalue weighted by molar-refractivity contribution is 6.15. The van der Waals surface area contributed by atoms with Gasteiger partial charge in [0.05, 0.1) is 11.4 Å². The Kier molecular flexibility index (Phi) is 6.23. The zero-order chi connectivity index (χ0) is 14.1. The van der Waals surface area contributed by atoms with Crippen LogP contribution in [0.3, 0.4) is 0 Å². The van der Waals surface area contributed by atoms with Crippen LogP contribution in [0.1, 0.15) is 26.5 Å². The highest BCUT2D eigenvalue weighted by Gasteiger charge is 2.05. The van der Waals surface area contributed by atoms with Crippen molar-refractivity contribution in [1.82, 2.24) is 4.98 Å². The van der Waals surface area contributed by atoms with Crippen LogP contribution in [0, 0.1) is 0 Å². The molecule has 2 heteroatoms. The number of hydrogen-bond donors (Lipinski definition) is 0. The summed E-state index contributed by atoms with van der Waals surface area (Å²) < 4.78 is 0. The van der Waals surface area contributed by atoms with Gasteiger partial charge in [0.25, 0.3) is 0 Å². The van der Waals surface area contributed by atoms with Crippen LogP contribution < -0.4 is 0 Å². The number of fused-ring (bicyclic) bond motifs is 1. The number of benzene rings is 1. The molecule has 0 aliphatic heterocycles. The molecule has 1 aromatic carbocycles. The molecule has 98 valence electrons. The quantitative estimate of drug-likeness (QED) is 0.722. The number of aromatic nitrogens is 1. The van der Waals surface area contributed by atoms with Gasteiger partial charge in [-0.25, -0.2) is 0 Å². The number of rotatable bonds is 3. The molecule has 1 heterocycles. The van der Waals surface area contributed by atoms with E-state index in [0.29, 0.717) is 0 Å². The molecule has 0 saturated carbocycles. The summed E-state index contributed by atoms with van der Waals surface area (Å²) in [7, 11) is 0. The number of allylic oxidation sites excluding steroid dienone is 2. The SMILES string of the molecule is C=CN=C(/C=C\C)c1nccc2ccccc12.CC. The molecule has 2 aromatic rings.